The highest BCUT2D eigenvalue weighted by atomic mass is 16.5. The first-order chi connectivity index (χ1) is 8.57. The fraction of sp³-hybridized carbons (Fsp3) is 0.750. The lowest BCUT2D eigenvalue weighted by Gasteiger charge is -2.22. The van der Waals surface area contributed by atoms with Gasteiger partial charge in [0.05, 0.1) is 18.4 Å². The summed E-state index contributed by atoms with van der Waals surface area (Å²) in [5.41, 5.74) is 0. The van der Waals surface area contributed by atoms with Crippen LogP contribution in [0.3, 0.4) is 0 Å². The molecular formula is C12H17NO5. The molecular weight excluding hydrogens is 238 g/mol. The van der Waals surface area contributed by atoms with Crippen LogP contribution in [-0.2, 0) is 19.1 Å². The number of rotatable bonds is 4. The SMILES string of the molecule is COCC(C(=O)O)N1C(=O)C2CCCCC2C1=O. The minimum Gasteiger partial charge on any atom is -0.480 e. The Morgan fingerprint density at radius 2 is 1.83 bits per heavy atom. The predicted molar refractivity (Wildman–Crippen MR) is 60.6 cm³/mol. The Morgan fingerprint density at radius 3 is 2.22 bits per heavy atom. The van der Waals surface area contributed by atoms with Crippen molar-refractivity contribution in [3.8, 4) is 0 Å². The Morgan fingerprint density at radius 1 is 1.33 bits per heavy atom. The summed E-state index contributed by atoms with van der Waals surface area (Å²) in [6.07, 6.45) is 3.22. The molecule has 0 aromatic rings. The molecule has 1 N–H and O–H groups in total. The molecule has 1 saturated heterocycles. The number of hydrogen-bond donors (Lipinski definition) is 1. The van der Waals surface area contributed by atoms with Crippen LogP contribution in [-0.4, -0.2) is 47.5 Å². The average Bonchev–Trinajstić information content (AvgIpc) is 2.60. The van der Waals surface area contributed by atoms with E-state index in [-0.39, 0.29) is 30.3 Å². The van der Waals surface area contributed by atoms with Gasteiger partial charge < -0.3 is 9.84 Å². The molecule has 1 aliphatic carbocycles. The standard InChI is InChI=1S/C12H17NO5/c1-18-6-9(12(16)17)13-10(14)7-4-2-3-5-8(7)11(13)15/h7-9H,2-6H2,1H3,(H,16,17). The number of carboxylic acids is 1. The van der Waals surface area contributed by atoms with Gasteiger partial charge >= 0.3 is 5.97 Å². The number of imide groups is 1. The van der Waals surface area contributed by atoms with Crippen molar-refractivity contribution in [2.75, 3.05) is 13.7 Å². The van der Waals surface area contributed by atoms with Crippen molar-refractivity contribution in [1.82, 2.24) is 4.90 Å². The molecule has 100 valence electrons. The van der Waals surface area contributed by atoms with Gasteiger partial charge in [-0.1, -0.05) is 12.8 Å². The molecule has 1 heterocycles. The van der Waals surface area contributed by atoms with Crippen LogP contribution >= 0.6 is 0 Å². The zero-order valence-electron chi connectivity index (χ0n) is 10.3. The molecule has 3 atom stereocenters. The Balaban J connectivity index is 2.24. The highest BCUT2D eigenvalue weighted by Gasteiger charge is 2.51. The number of carbonyl (C=O) groups excluding carboxylic acids is 2. The fourth-order valence-electron chi connectivity index (χ4n) is 2.91. The van der Waals surface area contributed by atoms with Gasteiger partial charge in [-0.3, -0.25) is 14.5 Å². The summed E-state index contributed by atoms with van der Waals surface area (Å²) in [5, 5.41) is 9.11. The third kappa shape index (κ3) is 2.01. The van der Waals surface area contributed by atoms with E-state index < -0.39 is 12.0 Å². The third-order valence-corrected chi connectivity index (χ3v) is 3.80. The second-order valence-corrected chi connectivity index (χ2v) is 4.85. The first-order valence-electron chi connectivity index (χ1n) is 6.16. The van der Waals surface area contributed by atoms with E-state index in [0.29, 0.717) is 12.8 Å². The zero-order chi connectivity index (χ0) is 13.3. The van der Waals surface area contributed by atoms with Crippen LogP contribution < -0.4 is 0 Å². The second-order valence-electron chi connectivity index (χ2n) is 4.85. The topological polar surface area (TPSA) is 83.9 Å². The minimum absolute atomic E-state index is 0.160. The lowest BCUT2D eigenvalue weighted by atomic mass is 9.81. The molecule has 1 aliphatic heterocycles. The van der Waals surface area contributed by atoms with Crippen LogP contribution in [0.25, 0.3) is 0 Å². The van der Waals surface area contributed by atoms with Crippen molar-refractivity contribution in [1.29, 1.82) is 0 Å². The molecule has 2 fully saturated rings. The van der Waals surface area contributed by atoms with Crippen LogP contribution in [0.2, 0.25) is 0 Å². The maximum Gasteiger partial charge on any atom is 0.329 e. The summed E-state index contributed by atoms with van der Waals surface area (Å²) in [7, 11) is 1.36. The van der Waals surface area contributed by atoms with Gasteiger partial charge in [-0.25, -0.2) is 4.79 Å². The number of fused-ring (bicyclic) bond motifs is 1. The maximum absolute atomic E-state index is 12.2. The van der Waals surface area contributed by atoms with Gasteiger partial charge in [-0.15, -0.1) is 0 Å². The average molecular weight is 255 g/mol. The van der Waals surface area contributed by atoms with E-state index in [9.17, 15) is 14.4 Å². The minimum atomic E-state index is -1.20. The summed E-state index contributed by atoms with van der Waals surface area (Å²) in [4.78, 5) is 36.4. The highest BCUT2D eigenvalue weighted by Crippen LogP contribution is 2.38. The predicted octanol–water partition coefficient (Wildman–Crippen LogP) is 0.261. The number of carbonyl (C=O) groups is 3. The van der Waals surface area contributed by atoms with Gasteiger partial charge in [0.15, 0.2) is 6.04 Å². The number of hydrogen-bond acceptors (Lipinski definition) is 4. The molecule has 6 heteroatoms. The molecule has 0 aromatic carbocycles. The van der Waals surface area contributed by atoms with Crippen LogP contribution in [0.1, 0.15) is 25.7 Å². The van der Waals surface area contributed by atoms with Crippen LogP contribution in [0.4, 0.5) is 0 Å². The largest absolute Gasteiger partial charge is 0.480 e. The van der Waals surface area contributed by atoms with Crippen molar-refractivity contribution >= 4 is 17.8 Å². The van der Waals surface area contributed by atoms with E-state index >= 15 is 0 Å². The van der Waals surface area contributed by atoms with E-state index in [0.717, 1.165) is 17.7 Å². The van der Waals surface area contributed by atoms with Crippen LogP contribution in [0.5, 0.6) is 0 Å². The van der Waals surface area contributed by atoms with Crippen molar-refractivity contribution in [2.24, 2.45) is 11.8 Å². The second kappa shape index (κ2) is 5.06. The van der Waals surface area contributed by atoms with Crippen molar-refractivity contribution in [3.05, 3.63) is 0 Å². The quantitative estimate of drug-likeness (QED) is 0.728. The maximum atomic E-state index is 12.2. The van der Waals surface area contributed by atoms with E-state index in [1.54, 1.807) is 0 Å². The number of amides is 2. The zero-order valence-corrected chi connectivity index (χ0v) is 10.3. The molecule has 2 amide bonds. The van der Waals surface area contributed by atoms with Crippen molar-refractivity contribution in [3.63, 3.8) is 0 Å². The molecule has 18 heavy (non-hydrogen) atoms. The molecule has 2 aliphatic rings. The summed E-state index contributed by atoms with van der Waals surface area (Å²) >= 11 is 0. The lowest BCUT2D eigenvalue weighted by Crippen LogP contribution is -2.48. The first-order valence-corrected chi connectivity index (χ1v) is 6.16. The number of aliphatic carboxylic acids is 1. The molecule has 0 spiro atoms. The number of carboxylic acid groups (broad SMARTS) is 1. The Kier molecular flexibility index (Phi) is 3.65. The van der Waals surface area contributed by atoms with Crippen LogP contribution in [0, 0.1) is 11.8 Å². The van der Waals surface area contributed by atoms with Crippen LogP contribution in [0.15, 0.2) is 0 Å². The van der Waals surface area contributed by atoms with Gasteiger partial charge in [-0.05, 0) is 12.8 Å². The molecule has 6 nitrogen and oxygen atoms in total. The number of ether oxygens (including phenoxy) is 1. The summed E-state index contributed by atoms with van der Waals surface area (Å²) < 4.78 is 4.80. The number of likely N-dealkylation sites (tertiary alicyclic amines) is 1. The van der Waals surface area contributed by atoms with E-state index in [2.05, 4.69) is 0 Å². The monoisotopic (exact) mass is 255 g/mol. The van der Waals surface area contributed by atoms with Gasteiger partial charge in [0.1, 0.15) is 0 Å². The third-order valence-electron chi connectivity index (χ3n) is 3.80. The summed E-state index contributed by atoms with van der Waals surface area (Å²) in [6, 6.07) is -1.19. The first kappa shape index (κ1) is 13.0. The molecule has 3 unspecified atom stereocenters. The molecule has 2 rings (SSSR count). The number of methoxy groups -OCH3 is 1. The number of nitrogens with zero attached hydrogens (tertiary/aromatic N) is 1. The van der Waals surface area contributed by atoms with E-state index in [4.69, 9.17) is 9.84 Å². The van der Waals surface area contributed by atoms with Gasteiger partial charge in [0, 0.05) is 7.11 Å². The molecule has 0 radical (unpaired) electrons. The van der Waals surface area contributed by atoms with Gasteiger partial charge in [-0.2, -0.15) is 0 Å². The summed E-state index contributed by atoms with van der Waals surface area (Å²) in [5.74, 6) is -2.50. The Hall–Kier alpha value is -1.43. The smallest absolute Gasteiger partial charge is 0.329 e. The highest BCUT2D eigenvalue weighted by molar-refractivity contribution is 6.07. The normalized spacial score (nSPS) is 29.3. The fourth-order valence-corrected chi connectivity index (χ4v) is 2.91. The van der Waals surface area contributed by atoms with Crippen molar-refractivity contribution in [2.45, 2.75) is 31.7 Å². The van der Waals surface area contributed by atoms with E-state index in [1.807, 2.05) is 0 Å². The summed E-state index contributed by atoms with van der Waals surface area (Å²) in [6.45, 7) is -0.160. The Labute approximate surface area is 105 Å². The molecule has 1 saturated carbocycles. The van der Waals surface area contributed by atoms with Crippen molar-refractivity contribution < 1.29 is 24.2 Å². The van der Waals surface area contributed by atoms with Gasteiger partial charge in [0.2, 0.25) is 11.8 Å². The van der Waals surface area contributed by atoms with E-state index in [1.165, 1.54) is 7.11 Å². The molecule has 0 aromatic heterocycles. The Bertz CT molecular complexity index is 357. The molecule has 0 bridgehead atoms. The lowest BCUT2D eigenvalue weighted by molar-refractivity contribution is -0.157. The van der Waals surface area contributed by atoms with Gasteiger partial charge in [0.25, 0.3) is 0 Å².